The van der Waals surface area contributed by atoms with Crippen LogP contribution in [0.5, 0.6) is 0 Å². The number of carbonyl (C=O) groups is 1. The fourth-order valence-corrected chi connectivity index (χ4v) is 0.489. The van der Waals surface area contributed by atoms with Gasteiger partial charge in [0.15, 0.2) is 0 Å². The molecule has 0 aromatic carbocycles. The predicted octanol–water partition coefficient (Wildman–Crippen LogP) is 1.63. The molecule has 0 aliphatic carbocycles. The lowest BCUT2D eigenvalue weighted by atomic mass is 10.3. The maximum Gasteiger partial charge on any atom is 0.234 e. The molecule has 46 valence electrons. The third-order valence-electron chi connectivity index (χ3n) is 0.652. The van der Waals surface area contributed by atoms with Gasteiger partial charge in [-0.25, -0.2) is 0 Å². The Labute approximate surface area is 59.1 Å². The summed E-state index contributed by atoms with van der Waals surface area (Å²) in [5, 5.41) is -0.803. The van der Waals surface area contributed by atoms with Gasteiger partial charge in [0.05, 0.1) is 5.25 Å². The molecule has 0 N–H and O–H groups in total. The van der Waals surface area contributed by atoms with Crippen LogP contribution >= 0.6 is 24.2 Å². The van der Waals surface area contributed by atoms with Crippen LogP contribution in [-0.4, -0.2) is 10.5 Å². The van der Waals surface area contributed by atoms with Crippen molar-refractivity contribution in [2.45, 2.75) is 11.7 Å². The summed E-state index contributed by atoms with van der Waals surface area (Å²) >= 11 is 8.90. The van der Waals surface area contributed by atoms with E-state index >= 15 is 0 Å². The summed E-state index contributed by atoms with van der Waals surface area (Å²) in [6.45, 7) is 3.42. The highest BCUT2D eigenvalue weighted by molar-refractivity contribution is 7.82. The van der Waals surface area contributed by atoms with Gasteiger partial charge in [0, 0.05) is 0 Å². The fourth-order valence-electron chi connectivity index (χ4n) is 0.251. The zero-order valence-electron chi connectivity index (χ0n) is 4.30. The minimum absolute atomic E-state index is 0.380. The number of hydrogen-bond donors (Lipinski definition) is 1. The average Bonchev–Trinajstić information content (AvgIpc) is 1.67. The molecule has 0 spiro atoms. The Morgan fingerprint density at radius 1 is 2.00 bits per heavy atom. The van der Waals surface area contributed by atoms with Gasteiger partial charge < -0.3 is 0 Å². The normalized spacial score (nSPS) is 12.8. The van der Waals surface area contributed by atoms with E-state index in [1.165, 1.54) is 0 Å². The van der Waals surface area contributed by atoms with Crippen LogP contribution in [0.25, 0.3) is 0 Å². The zero-order chi connectivity index (χ0) is 6.57. The first kappa shape index (κ1) is 8.05. The molecule has 0 rings (SSSR count). The first-order valence-corrected chi connectivity index (χ1v) is 3.06. The number of rotatable bonds is 3. The minimum Gasteiger partial charge on any atom is -0.280 e. The summed E-state index contributed by atoms with van der Waals surface area (Å²) in [5.74, 6) is 0. The van der Waals surface area contributed by atoms with E-state index < -0.39 is 5.24 Å². The fraction of sp³-hybridized carbons (Fsp3) is 0.400. The van der Waals surface area contributed by atoms with Crippen molar-refractivity contribution in [1.29, 1.82) is 0 Å². The van der Waals surface area contributed by atoms with E-state index in [9.17, 15) is 4.79 Å². The molecule has 0 aromatic heterocycles. The van der Waals surface area contributed by atoms with Gasteiger partial charge >= 0.3 is 0 Å². The molecule has 0 bridgehead atoms. The van der Waals surface area contributed by atoms with E-state index in [0.29, 0.717) is 6.42 Å². The van der Waals surface area contributed by atoms with Crippen LogP contribution in [0.15, 0.2) is 12.7 Å². The highest BCUT2D eigenvalue weighted by atomic mass is 35.5. The Morgan fingerprint density at radius 2 is 2.50 bits per heavy atom. The van der Waals surface area contributed by atoms with E-state index in [2.05, 4.69) is 19.2 Å². The second kappa shape index (κ2) is 3.98. The van der Waals surface area contributed by atoms with Crippen LogP contribution in [0.4, 0.5) is 0 Å². The van der Waals surface area contributed by atoms with Crippen molar-refractivity contribution in [3.63, 3.8) is 0 Å². The van der Waals surface area contributed by atoms with Crippen LogP contribution in [0.2, 0.25) is 0 Å². The first-order valence-electron chi connectivity index (χ1n) is 2.16. The zero-order valence-corrected chi connectivity index (χ0v) is 5.95. The van der Waals surface area contributed by atoms with Crippen molar-refractivity contribution in [2.24, 2.45) is 0 Å². The molecule has 8 heavy (non-hydrogen) atoms. The van der Waals surface area contributed by atoms with Crippen molar-refractivity contribution in [3.8, 4) is 0 Å². The Morgan fingerprint density at radius 3 is 2.62 bits per heavy atom. The lowest BCUT2D eigenvalue weighted by Gasteiger charge is -1.96. The molecule has 3 heteroatoms. The molecule has 0 saturated carbocycles. The molecule has 0 fully saturated rings. The maximum atomic E-state index is 10.2. The second-order valence-corrected chi connectivity index (χ2v) is 2.34. The molecule has 1 nitrogen and oxygen atoms in total. The lowest BCUT2D eigenvalue weighted by Crippen LogP contribution is -2.05. The smallest absolute Gasteiger partial charge is 0.234 e. The van der Waals surface area contributed by atoms with Crippen LogP contribution < -0.4 is 0 Å². The van der Waals surface area contributed by atoms with Crippen LogP contribution in [0.1, 0.15) is 6.42 Å². The molecule has 0 amide bonds. The Balaban J connectivity index is 3.46. The summed E-state index contributed by atoms with van der Waals surface area (Å²) in [6.07, 6.45) is 2.14. The second-order valence-electron chi connectivity index (χ2n) is 1.34. The molecule has 0 aliphatic heterocycles. The van der Waals surface area contributed by atoms with Crippen molar-refractivity contribution >= 4 is 29.5 Å². The van der Waals surface area contributed by atoms with Gasteiger partial charge in [0.25, 0.3) is 0 Å². The standard InChI is InChI=1S/C5H7ClOS/c1-2-3-4(8)5(6)7/h2,4,8H,1,3H2. The van der Waals surface area contributed by atoms with Crippen LogP contribution in [-0.2, 0) is 4.79 Å². The summed E-state index contributed by atoms with van der Waals surface area (Å²) < 4.78 is 0. The predicted molar refractivity (Wildman–Crippen MR) is 38.4 cm³/mol. The number of allylic oxidation sites excluding steroid dienone is 1. The maximum absolute atomic E-state index is 10.2. The molecule has 0 radical (unpaired) electrons. The SMILES string of the molecule is C=CCC(S)C(=O)Cl. The van der Waals surface area contributed by atoms with Crippen molar-refractivity contribution in [2.75, 3.05) is 0 Å². The van der Waals surface area contributed by atoms with Crippen molar-refractivity contribution in [3.05, 3.63) is 12.7 Å². The van der Waals surface area contributed by atoms with Crippen molar-refractivity contribution in [1.82, 2.24) is 0 Å². The van der Waals surface area contributed by atoms with Crippen LogP contribution in [0, 0.1) is 0 Å². The van der Waals surface area contributed by atoms with E-state index in [4.69, 9.17) is 11.6 Å². The van der Waals surface area contributed by atoms with Crippen molar-refractivity contribution < 1.29 is 4.79 Å². The number of carbonyl (C=O) groups excluding carboxylic acids is 1. The Hall–Kier alpha value is 0.0500. The molecule has 1 atom stereocenters. The number of hydrogen-bond acceptors (Lipinski definition) is 2. The van der Waals surface area contributed by atoms with Gasteiger partial charge in [-0.2, -0.15) is 12.6 Å². The van der Waals surface area contributed by atoms with E-state index in [1.54, 1.807) is 6.08 Å². The molecular formula is C5H7ClOS. The molecule has 0 saturated heterocycles. The summed E-state index contributed by atoms with van der Waals surface area (Å²) in [6, 6.07) is 0. The van der Waals surface area contributed by atoms with Gasteiger partial charge in [0.2, 0.25) is 5.24 Å². The number of halogens is 1. The Bertz CT molecular complexity index is 103. The topological polar surface area (TPSA) is 17.1 Å². The number of thiol groups is 1. The monoisotopic (exact) mass is 150 g/mol. The molecule has 0 aromatic rings. The van der Waals surface area contributed by atoms with Crippen LogP contribution in [0.3, 0.4) is 0 Å². The summed E-state index contributed by atoms with van der Waals surface area (Å²) in [4.78, 5) is 10.2. The minimum atomic E-state index is -0.423. The molecule has 0 heterocycles. The van der Waals surface area contributed by atoms with E-state index in [-0.39, 0.29) is 5.25 Å². The van der Waals surface area contributed by atoms with E-state index in [0.717, 1.165) is 0 Å². The molecule has 1 unspecified atom stereocenters. The quantitative estimate of drug-likeness (QED) is 0.368. The third-order valence-corrected chi connectivity index (χ3v) is 1.51. The molecular weight excluding hydrogens is 144 g/mol. The van der Waals surface area contributed by atoms with Gasteiger partial charge in [-0.15, -0.1) is 6.58 Å². The van der Waals surface area contributed by atoms with E-state index in [1.807, 2.05) is 0 Å². The van der Waals surface area contributed by atoms with Gasteiger partial charge in [-0.1, -0.05) is 6.08 Å². The highest BCUT2D eigenvalue weighted by Gasteiger charge is 2.06. The summed E-state index contributed by atoms with van der Waals surface area (Å²) in [5.41, 5.74) is 0. The highest BCUT2D eigenvalue weighted by Crippen LogP contribution is 2.04. The third kappa shape index (κ3) is 3.10. The molecule has 0 aliphatic rings. The van der Waals surface area contributed by atoms with Gasteiger partial charge in [0.1, 0.15) is 0 Å². The first-order chi connectivity index (χ1) is 3.68. The Kier molecular flexibility index (Phi) is 4.01. The summed E-state index contributed by atoms with van der Waals surface area (Å²) in [7, 11) is 0. The largest absolute Gasteiger partial charge is 0.280 e. The average molecular weight is 151 g/mol. The lowest BCUT2D eigenvalue weighted by molar-refractivity contribution is -0.111. The van der Waals surface area contributed by atoms with Gasteiger partial charge in [-0.05, 0) is 18.0 Å². The van der Waals surface area contributed by atoms with Gasteiger partial charge in [-0.3, -0.25) is 4.79 Å².